The Labute approximate surface area is 159 Å². The van der Waals surface area contributed by atoms with E-state index in [1.807, 2.05) is 0 Å². The van der Waals surface area contributed by atoms with Gasteiger partial charge in [-0.05, 0) is 13.8 Å². The molecule has 16 heteroatoms. The Hall–Kier alpha value is -1.74. The van der Waals surface area contributed by atoms with Gasteiger partial charge in [-0.1, -0.05) is 6.08 Å². The second-order valence-electron chi connectivity index (χ2n) is 5.66. The van der Waals surface area contributed by atoms with Gasteiger partial charge >= 0.3 is 41.8 Å². The molecule has 0 bridgehead atoms. The Morgan fingerprint density at radius 1 is 0.733 bits per heavy atom. The van der Waals surface area contributed by atoms with Crippen LogP contribution in [0.15, 0.2) is 11.6 Å². The van der Waals surface area contributed by atoms with Crippen LogP contribution in [0.5, 0.6) is 0 Å². The molecule has 0 heterocycles. The van der Waals surface area contributed by atoms with Crippen molar-refractivity contribution in [2.75, 3.05) is 19.8 Å². The van der Waals surface area contributed by atoms with Gasteiger partial charge < -0.3 is 9.47 Å². The largest absolute Gasteiger partial charge is 0.460 e. The molecule has 0 rings (SSSR count). The summed E-state index contributed by atoms with van der Waals surface area (Å²) in [6, 6.07) is 0. The van der Waals surface area contributed by atoms with E-state index in [2.05, 4.69) is 9.47 Å². The molecule has 0 saturated heterocycles. The summed E-state index contributed by atoms with van der Waals surface area (Å²) < 4.78 is 175. The lowest BCUT2D eigenvalue weighted by molar-refractivity contribution is -0.441. The molecule has 30 heavy (non-hydrogen) atoms. The molecule has 0 aliphatic rings. The van der Waals surface area contributed by atoms with E-state index in [4.69, 9.17) is 0 Å². The second kappa shape index (κ2) is 8.78. The van der Waals surface area contributed by atoms with Crippen molar-refractivity contribution in [3.05, 3.63) is 11.6 Å². The molecule has 0 aromatic rings. The predicted molar refractivity (Wildman–Crippen MR) is 72.0 cm³/mol. The Morgan fingerprint density at radius 2 is 1.17 bits per heavy atom. The van der Waals surface area contributed by atoms with Crippen LogP contribution < -0.4 is 0 Å². The zero-order chi connectivity index (χ0) is 24.4. The minimum absolute atomic E-state index is 0.0133. The van der Waals surface area contributed by atoms with Gasteiger partial charge in [0.1, 0.15) is 13.2 Å². The van der Waals surface area contributed by atoms with E-state index >= 15 is 0 Å². The third-order valence-corrected chi connectivity index (χ3v) is 3.50. The second-order valence-corrected chi connectivity index (χ2v) is 5.66. The molecule has 0 fully saturated rings. The smallest absolute Gasteiger partial charge is 0.460 e. The molecule has 0 aliphatic heterocycles. The maximum absolute atomic E-state index is 13.3. The van der Waals surface area contributed by atoms with E-state index in [0.29, 0.717) is 0 Å². The molecule has 0 aromatic carbocycles. The first-order chi connectivity index (χ1) is 13.1. The van der Waals surface area contributed by atoms with E-state index < -0.39 is 61.6 Å². The fraction of sp³-hybridized carbons (Fsp3) is 0.786. The maximum atomic E-state index is 13.3. The molecule has 178 valence electrons. The highest BCUT2D eigenvalue weighted by atomic mass is 19.4. The molecular weight excluding hydrogens is 463 g/mol. The number of allylic oxidation sites excluding steroid dienone is 1. The van der Waals surface area contributed by atoms with Crippen LogP contribution in [-0.4, -0.2) is 61.6 Å². The summed E-state index contributed by atoms with van der Waals surface area (Å²) in [7, 11) is 0. The molecule has 0 aliphatic carbocycles. The van der Waals surface area contributed by atoms with Crippen LogP contribution in [0, 0.1) is 0 Å². The lowest BCUT2D eigenvalue weighted by Gasteiger charge is -2.39. The Morgan fingerprint density at radius 3 is 1.57 bits per heavy atom. The number of esters is 1. The van der Waals surface area contributed by atoms with Crippen molar-refractivity contribution in [2.45, 2.75) is 49.6 Å². The van der Waals surface area contributed by atoms with Crippen LogP contribution in [-0.2, 0) is 14.3 Å². The van der Waals surface area contributed by atoms with E-state index in [-0.39, 0.29) is 5.57 Å². The predicted octanol–water partition coefficient (Wildman–Crippen LogP) is 5.25. The van der Waals surface area contributed by atoms with Crippen molar-refractivity contribution in [3.63, 3.8) is 0 Å². The number of hydrogen-bond acceptors (Lipinski definition) is 3. The molecule has 0 aromatic heterocycles. The molecular formula is C14H13F13O3. The van der Waals surface area contributed by atoms with E-state index in [1.165, 1.54) is 19.9 Å². The van der Waals surface area contributed by atoms with Crippen LogP contribution in [0.4, 0.5) is 57.1 Å². The highest BCUT2D eigenvalue weighted by Crippen LogP contribution is 2.60. The topological polar surface area (TPSA) is 35.5 Å². The molecule has 0 spiro atoms. The summed E-state index contributed by atoms with van der Waals surface area (Å²) >= 11 is 0. The Kier molecular flexibility index (Phi) is 8.27. The molecule has 0 unspecified atom stereocenters. The number of carbonyl (C=O) groups is 1. The van der Waals surface area contributed by atoms with E-state index in [1.54, 1.807) is 0 Å². The van der Waals surface area contributed by atoms with Crippen molar-refractivity contribution in [1.82, 2.24) is 0 Å². The maximum Gasteiger partial charge on any atom is 0.460 e. The van der Waals surface area contributed by atoms with Gasteiger partial charge in [0, 0.05) is 5.57 Å². The van der Waals surface area contributed by atoms with Gasteiger partial charge in [0.05, 0.1) is 6.61 Å². The van der Waals surface area contributed by atoms with E-state index in [0.717, 1.165) is 0 Å². The average Bonchev–Trinajstić information content (AvgIpc) is 2.58. The number of hydrogen-bond donors (Lipinski definition) is 0. The Bertz CT molecular complexity index is 637. The lowest BCUT2D eigenvalue weighted by atomic mass is 9.94. The van der Waals surface area contributed by atoms with Gasteiger partial charge in [-0.15, -0.1) is 0 Å². The summed E-state index contributed by atoms with van der Waals surface area (Å²) in [4.78, 5) is 11.2. The third kappa shape index (κ3) is 4.94. The number of carbonyl (C=O) groups excluding carboxylic acids is 1. The first-order valence-corrected chi connectivity index (χ1v) is 7.45. The van der Waals surface area contributed by atoms with Gasteiger partial charge in [-0.25, -0.2) is 4.79 Å². The van der Waals surface area contributed by atoms with Gasteiger partial charge in [-0.2, -0.15) is 57.1 Å². The normalized spacial score (nSPS) is 15.4. The highest BCUT2D eigenvalue weighted by Gasteiger charge is 2.90. The summed E-state index contributed by atoms with van der Waals surface area (Å²) in [6.07, 6.45) is -6.21. The van der Waals surface area contributed by atoms with Crippen LogP contribution in [0.1, 0.15) is 13.8 Å². The van der Waals surface area contributed by atoms with Crippen molar-refractivity contribution in [1.29, 1.82) is 0 Å². The summed E-state index contributed by atoms with van der Waals surface area (Å²) in [5.74, 6) is -38.3. The highest BCUT2D eigenvalue weighted by molar-refractivity contribution is 5.87. The van der Waals surface area contributed by atoms with Crippen LogP contribution in [0.25, 0.3) is 0 Å². The molecule has 0 radical (unpaired) electrons. The van der Waals surface area contributed by atoms with Crippen molar-refractivity contribution in [2.24, 2.45) is 0 Å². The monoisotopic (exact) mass is 476 g/mol. The summed E-state index contributed by atoms with van der Waals surface area (Å²) in [5.41, 5.74) is 0.0133. The van der Waals surface area contributed by atoms with Crippen molar-refractivity contribution in [3.8, 4) is 0 Å². The summed E-state index contributed by atoms with van der Waals surface area (Å²) in [6.45, 7) is -2.21. The van der Waals surface area contributed by atoms with Gasteiger partial charge in [0.25, 0.3) is 0 Å². The number of rotatable bonds is 10. The Balaban J connectivity index is 5.40. The molecule has 0 atom stereocenters. The van der Waals surface area contributed by atoms with Crippen LogP contribution in [0.3, 0.4) is 0 Å². The average molecular weight is 476 g/mol. The fourth-order valence-corrected chi connectivity index (χ4v) is 1.52. The van der Waals surface area contributed by atoms with Crippen LogP contribution in [0.2, 0.25) is 0 Å². The quantitative estimate of drug-likeness (QED) is 0.187. The molecule has 0 saturated carbocycles. The standard InChI is InChI=1S/C14H13F13O3/c1-3-7(2)8(28)30-5-4-29-6-9(15,16)10(17,18)11(19,20)12(21,22)13(23,24)14(25,26)27/h3H,4-6H2,1-2H3. The minimum atomic E-state index is -7.95. The van der Waals surface area contributed by atoms with Crippen LogP contribution >= 0.6 is 0 Å². The number of halogens is 13. The summed E-state index contributed by atoms with van der Waals surface area (Å²) in [5, 5.41) is 0. The van der Waals surface area contributed by atoms with Gasteiger partial charge in [0.2, 0.25) is 0 Å². The minimum Gasteiger partial charge on any atom is -0.460 e. The SMILES string of the molecule is CC=C(C)C(=O)OCCOCC(F)(F)C(F)(F)C(F)(F)C(F)(F)C(F)(F)C(F)(F)F. The first-order valence-electron chi connectivity index (χ1n) is 7.45. The molecule has 3 nitrogen and oxygen atoms in total. The van der Waals surface area contributed by atoms with Crippen molar-refractivity contribution < 1.29 is 71.3 Å². The number of alkyl halides is 13. The van der Waals surface area contributed by atoms with Gasteiger partial charge in [0.15, 0.2) is 0 Å². The fourth-order valence-electron chi connectivity index (χ4n) is 1.52. The first kappa shape index (κ1) is 28.3. The van der Waals surface area contributed by atoms with Gasteiger partial charge in [-0.3, -0.25) is 0 Å². The third-order valence-electron chi connectivity index (χ3n) is 3.50. The molecule has 0 amide bonds. The molecule has 0 N–H and O–H groups in total. The number of ether oxygens (including phenoxy) is 2. The van der Waals surface area contributed by atoms with E-state index in [9.17, 15) is 61.9 Å². The lowest BCUT2D eigenvalue weighted by Crippen LogP contribution is -2.70. The zero-order valence-corrected chi connectivity index (χ0v) is 14.8. The zero-order valence-electron chi connectivity index (χ0n) is 14.8. The van der Waals surface area contributed by atoms with Crippen molar-refractivity contribution >= 4 is 5.97 Å².